The Morgan fingerprint density at radius 2 is 2.00 bits per heavy atom. The van der Waals surface area contributed by atoms with E-state index in [0.717, 1.165) is 22.4 Å². The topological polar surface area (TPSA) is 84.6 Å². The molecule has 1 aromatic heterocycles. The molecule has 1 N–H and O–H groups in total. The average Bonchev–Trinajstić information content (AvgIpc) is 2.65. The molecule has 144 valence electrons. The van der Waals surface area contributed by atoms with E-state index in [4.69, 9.17) is 0 Å². The quantitative estimate of drug-likeness (QED) is 0.898. The fourth-order valence-electron chi connectivity index (χ4n) is 3.49. The maximum absolute atomic E-state index is 12.8. The number of nitrogens with zero attached hydrogens (tertiary/aromatic N) is 3. The first-order chi connectivity index (χ1) is 12.9. The van der Waals surface area contributed by atoms with Crippen LogP contribution in [-0.2, 0) is 17.8 Å². The maximum atomic E-state index is 12.8. The van der Waals surface area contributed by atoms with E-state index >= 15 is 0 Å². The van der Waals surface area contributed by atoms with Gasteiger partial charge in [-0.2, -0.15) is 5.10 Å². The van der Waals surface area contributed by atoms with Gasteiger partial charge in [-0.15, -0.1) is 0 Å². The van der Waals surface area contributed by atoms with Crippen molar-refractivity contribution in [3.8, 4) is 0 Å². The van der Waals surface area contributed by atoms with Crippen molar-refractivity contribution in [2.75, 3.05) is 0 Å². The zero-order chi connectivity index (χ0) is 19.6. The third kappa shape index (κ3) is 4.33. The molecule has 27 heavy (non-hydrogen) atoms. The minimum Gasteiger partial charge on any atom is -0.393 e. The Hall–Kier alpha value is -2.34. The lowest BCUT2D eigenvalue weighted by Crippen LogP contribution is -2.28. The van der Waals surface area contributed by atoms with Gasteiger partial charge in [-0.05, 0) is 55.7 Å². The lowest BCUT2D eigenvalue weighted by Gasteiger charge is -2.17. The molecule has 6 heteroatoms. The van der Waals surface area contributed by atoms with E-state index in [1.54, 1.807) is 0 Å². The van der Waals surface area contributed by atoms with E-state index in [2.05, 4.69) is 23.9 Å². The molecule has 3 rings (SSSR count). The van der Waals surface area contributed by atoms with Crippen molar-refractivity contribution in [1.82, 2.24) is 9.78 Å². The third-order valence-corrected chi connectivity index (χ3v) is 5.16. The molecule has 1 fully saturated rings. The first-order valence-electron chi connectivity index (χ1n) is 9.70. The van der Waals surface area contributed by atoms with Crippen LogP contribution >= 0.6 is 0 Å². The lowest BCUT2D eigenvalue weighted by molar-refractivity contribution is -0.118. The largest absolute Gasteiger partial charge is 0.393 e. The van der Waals surface area contributed by atoms with Gasteiger partial charge in [0.15, 0.2) is 0 Å². The number of benzene rings is 1. The number of carbonyl (C=O) groups excluding carboxylic acids is 1. The Bertz CT molecular complexity index is 934. The van der Waals surface area contributed by atoms with E-state index in [1.165, 1.54) is 4.68 Å². The molecule has 1 heterocycles. The summed E-state index contributed by atoms with van der Waals surface area (Å²) in [6.45, 7) is 6.07. The van der Waals surface area contributed by atoms with Crippen LogP contribution in [0.3, 0.4) is 0 Å². The summed E-state index contributed by atoms with van der Waals surface area (Å²) in [5, 5.41) is 15.4. The lowest BCUT2D eigenvalue weighted by atomic mass is 9.96. The summed E-state index contributed by atoms with van der Waals surface area (Å²) in [6, 6.07) is 5.84. The molecule has 0 spiro atoms. The second-order valence-corrected chi connectivity index (χ2v) is 7.53. The van der Waals surface area contributed by atoms with Crippen LogP contribution in [0, 0.1) is 0 Å². The molecule has 1 aromatic carbocycles. The van der Waals surface area contributed by atoms with Gasteiger partial charge in [0, 0.05) is 11.1 Å². The van der Waals surface area contributed by atoms with Crippen LogP contribution in [0.5, 0.6) is 0 Å². The van der Waals surface area contributed by atoms with Gasteiger partial charge in [-0.25, -0.2) is 9.67 Å². The Balaban J connectivity index is 1.92. The van der Waals surface area contributed by atoms with Crippen LogP contribution in [0.25, 0.3) is 10.8 Å². The van der Waals surface area contributed by atoms with Crippen molar-refractivity contribution < 1.29 is 9.90 Å². The van der Waals surface area contributed by atoms with E-state index in [0.29, 0.717) is 43.4 Å². The minimum absolute atomic E-state index is 0.153. The molecule has 1 amide bonds. The molecule has 0 aliphatic heterocycles. The number of hydrogen-bond donors (Lipinski definition) is 1. The van der Waals surface area contributed by atoms with Crippen molar-refractivity contribution in [1.29, 1.82) is 0 Å². The van der Waals surface area contributed by atoms with Gasteiger partial charge in [0.25, 0.3) is 11.5 Å². The molecule has 0 bridgehead atoms. The fraction of sp³-hybridized carbons (Fsp3) is 0.524. The van der Waals surface area contributed by atoms with E-state index in [1.807, 2.05) is 25.1 Å². The number of carbonyl (C=O) groups is 1. The molecule has 2 aromatic rings. The predicted molar refractivity (Wildman–Crippen MR) is 106 cm³/mol. The number of aromatic nitrogens is 2. The van der Waals surface area contributed by atoms with Gasteiger partial charge >= 0.3 is 0 Å². The van der Waals surface area contributed by atoms with E-state index in [9.17, 15) is 14.7 Å². The number of rotatable bonds is 4. The molecule has 0 atom stereocenters. The smallest absolute Gasteiger partial charge is 0.275 e. The Morgan fingerprint density at radius 3 is 2.63 bits per heavy atom. The minimum atomic E-state index is -0.365. The summed E-state index contributed by atoms with van der Waals surface area (Å²) >= 11 is 0. The van der Waals surface area contributed by atoms with Crippen molar-refractivity contribution in [3.63, 3.8) is 0 Å². The number of aliphatic hydroxyl groups is 1. The molecule has 1 aliphatic carbocycles. The highest BCUT2D eigenvalue weighted by atomic mass is 16.3. The number of hydrogen-bond acceptors (Lipinski definition) is 4. The number of aryl methyl sites for hydroxylation is 1. The van der Waals surface area contributed by atoms with Gasteiger partial charge in [0.2, 0.25) is 0 Å². The standard InChI is InChI=1S/C21H27N3O3/c1-4-19-18-11-14(13(2)3)5-10-17(18)21(27)24(23-19)12-20(26)22-15-6-8-16(25)9-7-15/h5,10-11,13,16,25H,4,6-9,12H2,1-3H3. The summed E-state index contributed by atoms with van der Waals surface area (Å²) in [4.78, 5) is 29.3. The molecule has 0 saturated heterocycles. The van der Waals surface area contributed by atoms with Gasteiger partial charge in [-0.3, -0.25) is 9.59 Å². The van der Waals surface area contributed by atoms with Gasteiger partial charge in [0.1, 0.15) is 6.54 Å². The second-order valence-electron chi connectivity index (χ2n) is 7.53. The van der Waals surface area contributed by atoms with Gasteiger partial charge in [0.05, 0.1) is 17.2 Å². The highest BCUT2D eigenvalue weighted by molar-refractivity contribution is 5.96. The van der Waals surface area contributed by atoms with Crippen LogP contribution in [0.4, 0.5) is 0 Å². The summed E-state index contributed by atoms with van der Waals surface area (Å²) in [5.74, 6) is 0.00384. The fourth-order valence-corrected chi connectivity index (χ4v) is 3.49. The zero-order valence-corrected chi connectivity index (χ0v) is 16.2. The first-order valence-corrected chi connectivity index (χ1v) is 9.70. The Morgan fingerprint density at radius 1 is 1.30 bits per heavy atom. The molecule has 0 radical (unpaired) electrons. The number of aliphatic hydroxyl groups excluding tert-OH is 1. The van der Waals surface area contributed by atoms with Gasteiger partial charge in [-0.1, -0.05) is 26.8 Å². The highest BCUT2D eigenvalue weighted by Gasteiger charge is 2.17. The van der Waals surface area contributed by atoms with Crippen LogP contribution in [0.15, 0.2) is 28.0 Å². The van der Waals surface area contributed by atoms with Crippen molar-refractivity contribution in [2.24, 2.45) is 4.99 Å². The Kier molecular flexibility index (Phi) is 5.85. The highest BCUT2D eigenvalue weighted by Crippen LogP contribution is 2.22. The summed E-state index contributed by atoms with van der Waals surface area (Å²) in [6.07, 6.45) is 2.92. The number of fused-ring (bicyclic) bond motifs is 1. The summed E-state index contributed by atoms with van der Waals surface area (Å²) < 4.78 is 1.24. The zero-order valence-electron chi connectivity index (χ0n) is 16.2. The van der Waals surface area contributed by atoms with Crippen LogP contribution in [0.1, 0.15) is 63.6 Å². The van der Waals surface area contributed by atoms with E-state index in [-0.39, 0.29) is 24.1 Å². The molecular formula is C21H27N3O3. The normalized spacial score (nSPS) is 17.5. The third-order valence-electron chi connectivity index (χ3n) is 5.16. The molecule has 0 unspecified atom stereocenters. The van der Waals surface area contributed by atoms with Crippen molar-refractivity contribution >= 4 is 22.4 Å². The van der Waals surface area contributed by atoms with Gasteiger partial charge < -0.3 is 5.11 Å². The number of amides is 1. The average molecular weight is 369 g/mol. The summed E-state index contributed by atoms with van der Waals surface area (Å²) in [7, 11) is 0. The molecular weight excluding hydrogens is 342 g/mol. The van der Waals surface area contributed by atoms with Crippen LogP contribution in [-0.4, -0.2) is 32.6 Å². The molecule has 1 aliphatic rings. The predicted octanol–water partition coefficient (Wildman–Crippen LogP) is 2.98. The SMILES string of the molecule is CCc1nn(CC(=O)N=C2CCC(O)CC2)c(=O)c2ccc(C(C)C)cc12. The number of aliphatic imine (C=N–C) groups is 1. The summed E-state index contributed by atoms with van der Waals surface area (Å²) in [5.41, 5.74) is 2.52. The monoisotopic (exact) mass is 369 g/mol. The first kappa shape index (κ1) is 19.4. The van der Waals surface area contributed by atoms with E-state index < -0.39 is 0 Å². The maximum Gasteiger partial charge on any atom is 0.275 e. The molecule has 1 saturated carbocycles. The second kappa shape index (κ2) is 8.13. The molecule has 6 nitrogen and oxygen atoms in total. The Labute approximate surface area is 158 Å². The van der Waals surface area contributed by atoms with Crippen LogP contribution in [0.2, 0.25) is 0 Å². The van der Waals surface area contributed by atoms with Crippen molar-refractivity contribution in [2.45, 2.75) is 71.4 Å². The van der Waals surface area contributed by atoms with Crippen LogP contribution < -0.4 is 5.56 Å². The van der Waals surface area contributed by atoms with Crippen molar-refractivity contribution in [3.05, 3.63) is 39.8 Å².